The smallest absolute Gasteiger partial charge is 0.260 e. The minimum absolute atomic E-state index is 0.583. The largest absolute Gasteiger partial charge is 0.530 e. The molecule has 1 aromatic rings. The highest BCUT2D eigenvalue weighted by Gasteiger charge is 2.47. The second-order valence-electron chi connectivity index (χ2n) is 6.04. The summed E-state index contributed by atoms with van der Waals surface area (Å²) in [5.41, 5.74) is 2.77. The molecule has 0 unspecified atom stereocenters. The van der Waals surface area contributed by atoms with Crippen LogP contribution in [0, 0.1) is 6.92 Å². The van der Waals surface area contributed by atoms with E-state index < -0.39 is 8.32 Å². The Kier molecular flexibility index (Phi) is 4.97. The van der Waals surface area contributed by atoms with Gasteiger partial charge in [-0.1, -0.05) is 47.6 Å². The van der Waals surface area contributed by atoms with Gasteiger partial charge < -0.3 is 4.43 Å². The van der Waals surface area contributed by atoms with Gasteiger partial charge in [0.15, 0.2) is 5.88 Å². The fourth-order valence-corrected chi connectivity index (χ4v) is 8.29. The molecule has 102 valence electrons. The Hall–Kier alpha value is -0.833. The molecular weight excluding hydrogens is 238 g/mol. The summed E-state index contributed by atoms with van der Waals surface area (Å²) in [4.78, 5) is 4.52. The van der Waals surface area contributed by atoms with Crippen molar-refractivity contribution in [2.75, 3.05) is 0 Å². The van der Waals surface area contributed by atoms with Crippen LogP contribution >= 0.6 is 0 Å². The summed E-state index contributed by atoms with van der Waals surface area (Å²) in [6.45, 7) is 15.8. The summed E-state index contributed by atoms with van der Waals surface area (Å²) >= 11 is 0. The Morgan fingerprint density at radius 2 is 1.44 bits per heavy atom. The molecule has 18 heavy (non-hydrogen) atoms. The molecule has 1 heterocycles. The molecule has 3 heteroatoms. The van der Waals surface area contributed by atoms with Gasteiger partial charge in [0.1, 0.15) is 0 Å². The quantitative estimate of drug-likeness (QED) is 0.703. The van der Waals surface area contributed by atoms with Crippen LogP contribution < -0.4 is 4.43 Å². The SMILES string of the molecule is Cc1cccc(O[Si](C(C)C)(C(C)C)C(C)C)n1. The first-order chi connectivity index (χ1) is 8.30. The number of hydrogen-bond donors (Lipinski definition) is 0. The van der Waals surface area contributed by atoms with Crippen molar-refractivity contribution in [1.82, 2.24) is 4.98 Å². The maximum absolute atomic E-state index is 6.50. The lowest BCUT2D eigenvalue weighted by molar-refractivity contribution is 0.463. The van der Waals surface area contributed by atoms with E-state index in [1.807, 2.05) is 25.1 Å². The van der Waals surface area contributed by atoms with E-state index in [0.717, 1.165) is 11.6 Å². The van der Waals surface area contributed by atoms with Gasteiger partial charge in [0.2, 0.25) is 0 Å². The molecule has 0 aromatic carbocycles. The van der Waals surface area contributed by atoms with Crippen LogP contribution in [0.5, 0.6) is 5.88 Å². The highest BCUT2D eigenvalue weighted by atomic mass is 28.4. The molecule has 0 radical (unpaired) electrons. The third-order valence-corrected chi connectivity index (χ3v) is 9.83. The molecule has 0 aliphatic rings. The van der Waals surface area contributed by atoms with E-state index in [4.69, 9.17) is 4.43 Å². The molecule has 1 aromatic heterocycles. The maximum Gasteiger partial charge on any atom is 0.260 e. The summed E-state index contributed by atoms with van der Waals surface area (Å²) in [5.74, 6) is 0.803. The molecule has 0 aliphatic carbocycles. The van der Waals surface area contributed by atoms with Gasteiger partial charge in [0.25, 0.3) is 8.32 Å². The van der Waals surface area contributed by atoms with Crippen LogP contribution in [0.15, 0.2) is 18.2 Å². The van der Waals surface area contributed by atoms with Gasteiger partial charge in [-0.3, -0.25) is 0 Å². The molecule has 0 atom stereocenters. The lowest BCUT2D eigenvalue weighted by Crippen LogP contribution is -2.50. The van der Waals surface area contributed by atoms with E-state index >= 15 is 0 Å². The van der Waals surface area contributed by atoms with E-state index in [1.54, 1.807) is 0 Å². The average molecular weight is 265 g/mol. The lowest BCUT2D eigenvalue weighted by atomic mass is 10.4. The van der Waals surface area contributed by atoms with Crippen LogP contribution in [0.4, 0.5) is 0 Å². The first-order valence-electron chi connectivity index (χ1n) is 6.93. The normalized spacial score (nSPS) is 12.6. The van der Waals surface area contributed by atoms with E-state index in [0.29, 0.717) is 16.6 Å². The fourth-order valence-electron chi connectivity index (χ4n) is 3.11. The Balaban J connectivity index is 3.12. The number of rotatable bonds is 5. The summed E-state index contributed by atoms with van der Waals surface area (Å²) < 4.78 is 6.50. The minimum atomic E-state index is -1.85. The van der Waals surface area contributed by atoms with E-state index in [2.05, 4.69) is 46.5 Å². The van der Waals surface area contributed by atoms with E-state index in [9.17, 15) is 0 Å². The molecule has 0 saturated carbocycles. The van der Waals surface area contributed by atoms with Crippen molar-refractivity contribution in [2.24, 2.45) is 0 Å². The van der Waals surface area contributed by atoms with Gasteiger partial charge in [0.05, 0.1) is 0 Å². The maximum atomic E-state index is 6.50. The Bertz CT molecular complexity index is 366. The molecule has 0 spiro atoms. The number of aromatic nitrogens is 1. The van der Waals surface area contributed by atoms with Crippen molar-refractivity contribution in [2.45, 2.75) is 65.1 Å². The second kappa shape index (κ2) is 5.87. The van der Waals surface area contributed by atoms with Crippen LogP contribution in [0.3, 0.4) is 0 Å². The molecule has 0 fully saturated rings. The van der Waals surface area contributed by atoms with Gasteiger partial charge in [0, 0.05) is 5.69 Å². The average Bonchev–Trinajstić information content (AvgIpc) is 2.24. The van der Waals surface area contributed by atoms with Crippen molar-refractivity contribution in [3.05, 3.63) is 23.9 Å². The van der Waals surface area contributed by atoms with Gasteiger partial charge in [-0.2, -0.15) is 0 Å². The molecule has 0 N–H and O–H groups in total. The van der Waals surface area contributed by atoms with Crippen molar-refractivity contribution >= 4 is 8.32 Å². The third kappa shape index (κ3) is 2.94. The zero-order valence-electron chi connectivity index (χ0n) is 12.8. The summed E-state index contributed by atoms with van der Waals surface area (Å²) in [5, 5.41) is 0. The monoisotopic (exact) mass is 265 g/mol. The molecule has 0 amide bonds. The van der Waals surface area contributed by atoms with Crippen LogP contribution in [-0.2, 0) is 0 Å². The molecule has 0 saturated heterocycles. The van der Waals surface area contributed by atoms with E-state index in [-0.39, 0.29) is 0 Å². The molecule has 1 rings (SSSR count). The van der Waals surface area contributed by atoms with Crippen molar-refractivity contribution in [3.8, 4) is 5.88 Å². The predicted octanol–water partition coefficient (Wildman–Crippen LogP) is 4.94. The zero-order valence-corrected chi connectivity index (χ0v) is 13.8. The predicted molar refractivity (Wildman–Crippen MR) is 80.7 cm³/mol. The molecular formula is C15H27NOSi. The number of hydrogen-bond acceptors (Lipinski definition) is 2. The van der Waals surface area contributed by atoms with Crippen LogP contribution in [0.2, 0.25) is 16.6 Å². The standard InChI is InChI=1S/C15H27NOSi/c1-11(2)18(12(3)4,13(5)6)17-15-10-8-9-14(7)16-15/h8-13H,1-7H3. The third-order valence-electron chi connectivity index (χ3n) is 3.85. The topological polar surface area (TPSA) is 22.1 Å². The Morgan fingerprint density at radius 1 is 0.944 bits per heavy atom. The first-order valence-corrected chi connectivity index (χ1v) is 9.07. The summed E-state index contributed by atoms with van der Waals surface area (Å²) in [6, 6.07) is 6.02. The van der Waals surface area contributed by atoms with Gasteiger partial charge in [-0.25, -0.2) is 4.98 Å². The molecule has 2 nitrogen and oxygen atoms in total. The highest BCUT2D eigenvalue weighted by molar-refractivity contribution is 6.78. The van der Waals surface area contributed by atoms with Gasteiger partial charge >= 0.3 is 0 Å². The number of aryl methyl sites for hydroxylation is 1. The zero-order chi connectivity index (χ0) is 13.9. The minimum Gasteiger partial charge on any atom is -0.530 e. The number of pyridine rings is 1. The first kappa shape index (κ1) is 15.2. The Morgan fingerprint density at radius 3 is 1.83 bits per heavy atom. The van der Waals surface area contributed by atoms with Crippen molar-refractivity contribution in [3.63, 3.8) is 0 Å². The van der Waals surface area contributed by atoms with Crippen molar-refractivity contribution < 1.29 is 4.43 Å². The van der Waals surface area contributed by atoms with Crippen LogP contribution in [0.1, 0.15) is 47.2 Å². The lowest BCUT2D eigenvalue weighted by Gasteiger charge is -2.41. The summed E-state index contributed by atoms with van der Waals surface area (Å²) in [7, 11) is -1.85. The second-order valence-corrected chi connectivity index (χ2v) is 11.4. The Labute approximate surface area is 113 Å². The van der Waals surface area contributed by atoms with Crippen molar-refractivity contribution in [1.29, 1.82) is 0 Å². The van der Waals surface area contributed by atoms with Gasteiger partial charge in [-0.05, 0) is 35.7 Å². The summed E-state index contributed by atoms with van der Waals surface area (Å²) in [6.07, 6.45) is 0. The highest BCUT2D eigenvalue weighted by Crippen LogP contribution is 2.42. The molecule has 0 bridgehead atoms. The van der Waals surface area contributed by atoms with Crippen LogP contribution in [0.25, 0.3) is 0 Å². The van der Waals surface area contributed by atoms with Crippen LogP contribution in [-0.4, -0.2) is 13.3 Å². The molecule has 0 aliphatic heterocycles. The number of nitrogens with zero attached hydrogens (tertiary/aromatic N) is 1. The van der Waals surface area contributed by atoms with E-state index in [1.165, 1.54) is 0 Å². The van der Waals surface area contributed by atoms with Gasteiger partial charge in [-0.15, -0.1) is 0 Å². The fraction of sp³-hybridized carbons (Fsp3) is 0.667.